The highest BCUT2D eigenvalue weighted by Gasteiger charge is 2.40. The van der Waals surface area contributed by atoms with E-state index in [1.807, 2.05) is 48.5 Å². The van der Waals surface area contributed by atoms with Gasteiger partial charge in [0.15, 0.2) is 4.91 Å². The molecule has 0 saturated carbocycles. The number of carbonyl (C=O) groups excluding carboxylic acids is 1. The number of sulfonamides is 1. The number of nitrogens with one attached hydrogen (secondary N) is 1. The van der Waals surface area contributed by atoms with Gasteiger partial charge in [-0.25, -0.2) is 8.42 Å². The van der Waals surface area contributed by atoms with Crippen LogP contribution in [0.3, 0.4) is 0 Å². The molecule has 1 aliphatic heterocycles. The van der Waals surface area contributed by atoms with Crippen molar-refractivity contribution in [1.82, 2.24) is 0 Å². The van der Waals surface area contributed by atoms with Crippen molar-refractivity contribution in [2.24, 2.45) is 0 Å². The number of benzene rings is 3. The monoisotopic (exact) mass is 468 g/mol. The van der Waals surface area contributed by atoms with E-state index in [-0.39, 0.29) is 11.4 Å². The Hall–Kier alpha value is -2.90. The Morgan fingerprint density at radius 3 is 2.31 bits per heavy atom. The van der Waals surface area contributed by atoms with Gasteiger partial charge in [0.05, 0.1) is 17.9 Å². The summed E-state index contributed by atoms with van der Waals surface area (Å²) >= 11 is 3.41. The van der Waals surface area contributed by atoms with E-state index in [2.05, 4.69) is 21.2 Å². The largest absolute Gasteiger partial charge is 0.359 e. The highest BCUT2D eigenvalue weighted by atomic mass is 79.9. The number of allylic oxidation sites excluding steroid dienone is 1. The summed E-state index contributed by atoms with van der Waals surface area (Å²) in [4.78, 5) is 12.7. The van der Waals surface area contributed by atoms with Crippen molar-refractivity contribution in [1.29, 1.82) is 0 Å². The summed E-state index contributed by atoms with van der Waals surface area (Å²) in [6.07, 6.45) is 1.27. The molecule has 0 spiro atoms. The Balaban J connectivity index is 1.80. The van der Waals surface area contributed by atoms with E-state index in [9.17, 15) is 13.2 Å². The first-order chi connectivity index (χ1) is 14.0. The lowest BCUT2D eigenvalue weighted by Crippen LogP contribution is -2.39. The Kier molecular flexibility index (Phi) is 5.25. The molecular weight excluding hydrogens is 452 g/mol. The van der Waals surface area contributed by atoms with E-state index in [1.54, 1.807) is 30.3 Å². The molecule has 0 unspecified atom stereocenters. The van der Waals surface area contributed by atoms with Crippen LogP contribution >= 0.6 is 15.9 Å². The van der Waals surface area contributed by atoms with Crippen LogP contribution in [0.1, 0.15) is 15.9 Å². The fraction of sp³-hybridized carbons (Fsp3) is 0.0455. The molecule has 0 radical (unpaired) electrons. The lowest BCUT2D eigenvalue weighted by atomic mass is 10.1. The van der Waals surface area contributed by atoms with E-state index in [0.29, 0.717) is 16.9 Å². The lowest BCUT2D eigenvalue weighted by molar-refractivity contribution is 0.104. The number of halogens is 1. The normalized spacial score (nSPS) is 16.5. The van der Waals surface area contributed by atoms with Crippen LogP contribution in [0.15, 0.2) is 94.4 Å². The summed E-state index contributed by atoms with van der Waals surface area (Å²) in [6, 6.07) is 23.4. The number of nitrogens with zero attached hydrogens (tertiary/aromatic N) is 1. The van der Waals surface area contributed by atoms with Gasteiger partial charge in [0, 0.05) is 16.2 Å². The highest BCUT2D eigenvalue weighted by Crippen LogP contribution is 2.36. The van der Waals surface area contributed by atoms with Crippen molar-refractivity contribution in [3.05, 3.63) is 106 Å². The molecule has 0 aliphatic carbocycles. The van der Waals surface area contributed by atoms with Gasteiger partial charge in [-0.1, -0.05) is 54.6 Å². The van der Waals surface area contributed by atoms with Gasteiger partial charge >= 0.3 is 0 Å². The minimum Gasteiger partial charge on any atom is -0.359 e. The van der Waals surface area contributed by atoms with Gasteiger partial charge in [0.2, 0.25) is 5.78 Å². The molecule has 146 valence electrons. The zero-order chi connectivity index (χ0) is 20.4. The zero-order valence-corrected chi connectivity index (χ0v) is 17.7. The second-order valence-electron chi connectivity index (χ2n) is 6.48. The number of ketones is 1. The first kappa shape index (κ1) is 19.4. The summed E-state index contributed by atoms with van der Waals surface area (Å²) in [5.74, 6) is -0.524. The molecule has 4 rings (SSSR count). The van der Waals surface area contributed by atoms with Crippen LogP contribution in [-0.4, -0.2) is 14.2 Å². The fourth-order valence-electron chi connectivity index (χ4n) is 3.16. The SMILES string of the molecule is O=C1/C(=C\Nc2ccccc2Br)S(=O)(=O)N(Cc2ccccc2)c2ccccc21. The summed E-state index contributed by atoms with van der Waals surface area (Å²) < 4.78 is 28.8. The Bertz CT molecular complexity index is 1210. The third-order valence-electron chi connectivity index (χ3n) is 4.61. The van der Waals surface area contributed by atoms with Crippen molar-refractivity contribution in [2.45, 2.75) is 6.54 Å². The molecule has 7 heteroatoms. The molecule has 0 amide bonds. The molecule has 3 aromatic carbocycles. The molecule has 1 heterocycles. The van der Waals surface area contributed by atoms with Crippen LogP contribution in [0.25, 0.3) is 0 Å². The van der Waals surface area contributed by atoms with Crippen LogP contribution in [-0.2, 0) is 16.6 Å². The third kappa shape index (κ3) is 3.71. The molecule has 0 fully saturated rings. The van der Waals surface area contributed by atoms with Crippen LogP contribution in [0, 0.1) is 0 Å². The summed E-state index contributed by atoms with van der Waals surface area (Å²) in [5, 5.41) is 2.95. The molecule has 3 aromatic rings. The molecule has 1 N–H and O–H groups in total. The smallest absolute Gasteiger partial charge is 0.270 e. The molecule has 0 saturated heterocycles. The first-order valence-corrected chi connectivity index (χ1v) is 11.1. The second kappa shape index (κ2) is 7.85. The van der Waals surface area contributed by atoms with Gasteiger partial charge < -0.3 is 5.32 Å². The van der Waals surface area contributed by atoms with Crippen molar-refractivity contribution in [3.8, 4) is 0 Å². The van der Waals surface area contributed by atoms with Crippen LogP contribution in [0.4, 0.5) is 11.4 Å². The molecule has 29 heavy (non-hydrogen) atoms. The Labute approximate surface area is 177 Å². The average Bonchev–Trinajstić information content (AvgIpc) is 2.73. The average molecular weight is 469 g/mol. The maximum absolute atomic E-state index is 13.4. The second-order valence-corrected chi connectivity index (χ2v) is 9.16. The number of rotatable bonds is 4. The van der Waals surface area contributed by atoms with E-state index in [0.717, 1.165) is 10.0 Å². The maximum Gasteiger partial charge on any atom is 0.270 e. The molecular formula is C22H17BrN2O3S. The van der Waals surface area contributed by atoms with E-state index < -0.39 is 15.8 Å². The molecule has 5 nitrogen and oxygen atoms in total. The fourth-order valence-corrected chi connectivity index (χ4v) is 5.09. The molecule has 0 aromatic heterocycles. The standard InChI is InChI=1S/C22H17BrN2O3S/c23-18-11-5-6-12-19(18)24-14-21-22(26)17-10-4-7-13-20(17)25(29(21,27)28)15-16-8-2-1-3-9-16/h1-14,24H,15H2/b21-14+. The van der Waals surface area contributed by atoms with Gasteiger partial charge in [0.1, 0.15) is 0 Å². The molecule has 0 atom stereocenters. The molecule has 0 bridgehead atoms. The van der Waals surface area contributed by atoms with E-state index in [4.69, 9.17) is 0 Å². The quantitative estimate of drug-likeness (QED) is 0.550. The number of anilines is 2. The number of hydrogen-bond donors (Lipinski definition) is 1. The topological polar surface area (TPSA) is 66.5 Å². The van der Waals surface area contributed by atoms with Crippen molar-refractivity contribution < 1.29 is 13.2 Å². The van der Waals surface area contributed by atoms with Crippen molar-refractivity contribution in [2.75, 3.05) is 9.62 Å². The van der Waals surface area contributed by atoms with Gasteiger partial charge in [-0.3, -0.25) is 9.10 Å². The molecule has 1 aliphatic rings. The van der Waals surface area contributed by atoms with Gasteiger partial charge in [0.25, 0.3) is 10.0 Å². The third-order valence-corrected chi connectivity index (χ3v) is 7.07. The minimum atomic E-state index is -4.04. The van der Waals surface area contributed by atoms with E-state index in [1.165, 1.54) is 10.5 Å². The van der Waals surface area contributed by atoms with Crippen molar-refractivity contribution in [3.63, 3.8) is 0 Å². The number of hydrogen-bond acceptors (Lipinski definition) is 4. The predicted molar refractivity (Wildman–Crippen MR) is 118 cm³/mol. The number of carbonyl (C=O) groups is 1. The van der Waals surface area contributed by atoms with E-state index >= 15 is 0 Å². The summed E-state index contributed by atoms with van der Waals surface area (Å²) in [5.41, 5.74) is 2.24. The summed E-state index contributed by atoms with van der Waals surface area (Å²) in [7, 11) is -4.04. The number of fused-ring (bicyclic) bond motifs is 1. The first-order valence-electron chi connectivity index (χ1n) is 8.90. The van der Waals surface area contributed by atoms with Gasteiger partial charge in [-0.15, -0.1) is 0 Å². The number of para-hydroxylation sites is 2. The lowest BCUT2D eigenvalue weighted by Gasteiger charge is -2.31. The summed E-state index contributed by atoms with van der Waals surface area (Å²) in [6.45, 7) is 0.139. The number of Topliss-reactive ketones (excluding diaryl/α,β-unsaturated/α-hetero) is 1. The Morgan fingerprint density at radius 1 is 0.897 bits per heavy atom. The Morgan fingerprint density at radius 2 is 1.55 bits per heavy atom. The van der Waals surface area contributed by atoms with Gasteiger partial charge in [-0.05, 0) is 45.8 Å². The maximum atomic E-state index is 13.4. The van der Waals surface area contributed by atoms with Crippen LogP contribution < -0.4 is 9.62 Å². The highest BCUT2D eigenvalue weighted by molar-refractivity contribution is 9.10. The minimum absolute atomic E-state index is 0.139. The zero-order valence-electron chi connectivity index (χ0n) is 15.2. The predicted octanol–water partition coefficient (Wildman–Crippen LogP) is 4.94. The van der Waals surface area contributed by atoms with Crippen molar-refractivity contribution >= 4 is 43.1 Å². The van der Waals surface area contributed by atoms with Crippen LogP contribution in [0.2, 0.25) is 0 Å². The van der Waals surface area contributed by atoms with Gasteiger partial charge in [-0.2, -0.15) is 0 Å². The van der Waals surface area contributed by atoms with Crippen LogP contribution in [0.5, 0.6) is 0 Å².